The monoisotopic (exact) mass is 337 g/mol. The number of aromatic nitrogens is 2. The van der Waals surface area contributed by atoms with Crippen LogP contribution >= 0.6 is 15.9 Å². The molecule has 0 N–H and O–H groups in total. The zero-order chi connectivity index (χ0) is 14.8. The van der Waals surface area contributed by atoms with Gasteiger partial charge in [-0.15, -0.1) is 0 Å². The molecule has 0 atom stereocenters. The Bertz CT molecular complexity index is 884. The second-order valence-corrected chi connectivity index (χ2v) is 5.53. The molecule has 0 saturated carbocycles. The summed E-state index contributed by atoms with van der Waals surface area (Å²) < 4.78 is 2.90. The van der Waals surface area contributed by atoms with Crippen LogP contribution in [0.1, 0.15) is 11.4 Å². The number of hydrogen-bond donors (Lipinski definition) is 0. The second-order valence-electron chi connectivity index (χ2n) is 4.67. The van der Waals surface area contributed by atoms with Gasteiger partial charge in [0, 0.05) is 11.5 Å². The van der Waals surface area contributed by atoms with E-state index in [2.05, 4.69) is 27.0 Å². The standard InChI is InChI=1S/C17H12BrN3/c1-21-16-9-5-4-8-15(16)20-17(21)13(11-19)10-12-6-2-3-7-14(12)18/h2-10H,1H3/b13-10-. The molecule has 3 nitrogen and oxygen atoms in total. The van der Waals surface area contributed by atoms with Crippen molar-refractivity contribution in [1.82, 2.24) is 9.55 Å². The van der Waals surface area contributed by atoms with E-state index in [0.29, 0.717) is 11.4 Å². The molecule has 0 radical (unpaired) electrons. The quantitative estimate of drug-likeness (QED) is 0.650. The summed E-state index contributed by atoms with van der Waals surface area (Å²) >= 11 is 3.50. The highest BCUT2D eigenvalue weighted by atomic mass is 79.9. The van der Waals surface area contributed by atoms with Crippen LogP contribution in [0.3, 0.4) is 0 Å². The first kappa shape index (κ1) is 13.6. The van der Waals surface area contributed by atoms with E-state index in [-0.39, 0.29) is 0 Å². The normalized spacial score (nSPS) is 11.6. The van der Waals surface area contributed by atoms with Crippen LogP contribution in [0, 0.1) is 11.3 Å². The predicted molar refractivity (Wildman–Crippen MR) is 88.3 cm³/mol. The van der Waals surface area contributed by atoms with Crippen molar-refractivity contribution in [1.29, 1.82) is 5.26 Å². The summed E-state index contributed by atoms with van der Waals surface area (Å²) in [6.07, 6.45) is 1.85. The molecule has 3 aromatic rings. The number of benzene rings is 2. The Hall–Kier alpha value is -2.38. The highest BCUT2D eigenvalue weighted by Gasteiger charge is 2.12. The summed E-state index contributed by atoms with van der Waals surface area (Å²) in [4.78, 5) is 4.57. The molecule has 0 aliphatic rings. The van der Waals surface area contributed by atoms with Gasteiger partial charge in [-0.25, -0.2) is 4.98 Å². The van der Waals surface area contributed by atoms with Gasteiger partial charge in [0.05, 0.1) is 16.6 Å². The highest BCUT2D eigenvalue weighted by molar-refractivity contribution is 9.10. The number of aryl methyl sites for hydroxylation is 1. The molecular formula is C17H12BrN3. The Balaban J connectivity index is 2.18. The fraction of sp³-hybridized carbons (Fsp3) is 0.0588. The topological polar surface area (TPSA) is 41.6 Å². The van der Waals surface area contributed by atoms with Crippen molar-refractivity contribution in [2.75, 3.05) is 0 Å². The largest absolute Gasteiger partial charge is 0.327 e. The fourth-order valence-electron chi connectivity index (χ4n) is 2.28. The Labute approximate surface area is 131 Å². The Kier molecular flexibility index (Phi) is 3.59. The van der Waals surface area contributed by atoms with E-state index in [0.717, 1.165) is 21.1 Å². The Morgan fingerprint density at radius 3 is 2.62 bits per heavy atom. The number of para-hydroxylation sites is 2. The number of nitriles is 1. The Morgan fingerprint density at radius 2 is 1.90 bits per heavy atom. The van der Waals surface area contributed by atoms with Crippen LogP contribution in [0.15, 0.2) is 53.0 Å². The van der Waals surface area contributed by atoms with Crippen LogP contribution in [-0.2, 0) is 7.05 Å². The van der Waals surface area contributed by atoms with E-state index in [1.165, 1.54) is 0 Å². The first-order chi connectivity index (χ1) is 10.2. The minimum Gasteiger partial charge on any atom is -0.327 e. The van der Waals surface area contributed by atoms with Crippen molar-refractivity contribution < 1.29 is 0 Å². The molecule has 0 bridgehead atoms. The molecule has 0 aliphatic carbocycles. The van der Waals surface area contributed by atoms with Crippen LogP contribution in [0.4, 0.5) is 0 Å². The first-order valence-electron chi connectivity index (χ1n) is 6.49. The summed E-state index contributed by atoms with van der Waals surface area (Å²) in [6, 6.07) is 17.9. The van der Waals surface area contributed by atoms with Crippen LogP contribution in [-0.4, -0.2) is 9.55 Å². The van der Waals surface area contributed by atoms with Gasteiger partial charge in [0.25, 0.3) is 0 Å². The zero-order valence-electron chi connectivity index (χ0n) is 11.4. The lowest BCUT2D eigenvalue weighted by Crippen LogP contribution is -1.96. The van der Waals surface area contributed by atoms with Gasteiger partial charge >= 0.3 is 0 Å². The average Bonchev–Trinajstić information content (AvgIpc) is 2.84. The summed E-state index contributed by atoms with van der Waals surface area (Å²) in [5, 5.41) is 9.49. The van der Waals surface area contributed by atoms with Crippen LogP contribution in [0.2, 0.25) is 0 Å². The highest BCUT2D eigenvalue weighted by Crippen LogP contribution is 2.24. The van der Waals surface area contributed by atoms with Crippen molar-refractivity contribution in [3.05, 3.63) is 64.4 Å². The van der Waals surface area contributed by atoms with E-state index >= 15 is 0 Å². The molecule has 1 heterocycles. The average molecular weight is 338 g/mol. The van der Waals surface area contributed by atoms with Gasteiger partial charge in [-0.1, -0.05) is 46.3 Å². The van der Waals surface area contributed by atoms with Gasteiger partial charge in [-0.2, -0.15) is 5.26 Å². The molecule has 0 fully saturated rings. The molecule has 2 aromatic carbocycles. The molecular weight excluding hydrogens is 326 g/mol. The lowest BCUT2D eigenvalue weighted by atomic mass is 10.1. The molecule has 4 heteroatoms. The van der Waals surface area contributed by atoms with Crippen LogP contribution < -0.4 is 0 Å². The van der Waals surface area contributed by atoms with Gasteiger partial charge < -0.3 is 4.57 Å². The van der Waals surface area contributed by atoms with E-state index in [1.54, 1.807) is 0 Å². The van der Waals surface area contributed by atoms with Crippen molar-refractivity contribution >= 4 is 38.6 Å². The number of fused-ring (bicyclic) bond motifs is 1. The maximum absolute atomic E-state index is 9.49. The molecule has 21 heavy (non-hydrogen) atoms. The lowest BCUT2D eigenvalue weighted by molar-refractivity contribution is 0.925. The molecule has 0 spiro atoms. The smallest absolute Gasteiger partial charge is 0.151 e. The SMILES string of the molecule is Cn1c(/C(C#N)=C\c2ccccc2Br)nc2ccccc21. The summed E-state index contributed by atoms with van der Waals surface area (Å²) in [5.74, 6) is 0.675. The minimum atomic E-state index is 0.542. The number of halogens is 1. The van der Waals surface area contributed by atoms with Crippen molar-refractivity contribution in [3.63, 3.8) is 0 Å². The predicted octanol–water partition coefficient (Wildman–Crippen LogP) is 4.40. The molecule has 1 aromatic heterocycles. The summed E-state index contributed by atoms with van der Waals surface area (Å²) in [5.41, 5.74) is 3.41. The zero-order valence-corrected chi connectivity index (χ0v) is 13.0. The van der Waals surface area contributed by atoms with E-state index in [1.807, 2.05) is 66.2 Å². The molecule has 0 amide bonds. The third-order valence-electron chi connectivity index (χ3n) is 3.35. The van der Waals surface area contributed by atoms with Gasteiger partial charge in [0.15, 0.2) is 5.82 Å². The Morgan fingerprint density at radius 1 is 1.19 bits per heavy atom. The molecule has 102 valence electrons. The first-order valence-corrected chi connectivity index (χ1v) is 7.28. The lowest BCUT2D eigenvalue weighted by Gasteiger charge is -2.02. The number of rotatable bonds is 2. The second kappa shape index (κ2) is 5.55. The van der Waals surface area contributed by atoms with E-state index in [9.17, 15) is 5.26 Å². The number of hydrogen-bond acceptors (Lipinski definition) is 2. The summed E-state index contributed by atoms with van der Waals surface area (Å²) in [6.45, 7) is 0. The van der Waals surface area contributed by atoms with E-state index in [4.69, 9.17) is 0 Å². The molecule has 0 saturated heterocycles. The van der Waals surface area contributed by atoms with Crippen LogP contribution in [0.5, 0.6) is 0 Å². The minimum absolute atomic E-state index is 0.542. The molecule has 0 aliphatic heterocycles. The van der Waals surface area contributed by atoms with E-state index < -0.39 is 0 Å². The third-order valence-corrected chi connectivity index (χ3v) is 4.08. The third kappa shape index (κ3) is 2.48. The van der Waals surface area contributed by atoms with Crippen molar-refractivity contribution in [3.8, 4) is 6.07 Å². The number of nitrogens with zero attached hydrogens (tertiary/aromatic N) is 3. The maximum atomic E-state index is 9.49. The van der Waals surface area contributed by atoms with Crippen LogP contribution in [0.25, 0.3) is 22.7 Å². The molecule has 3 rings (SSSR count). The van der Waals surface area contributed by atoms with Gasteiger partial charge in [0.1, 0.15) is 6.07 Å². The van der Waals surface area contributed by atoms with Gasteiger partial charge in [0.2, 0.25) is 0 Å². The number of imidazole rings is 1. The van der Waals surface area contributed by atoms with Crippen molar-refractivity contribution in [2.24, 2.45) is 7.05 Å². The molecule has 0 unspecified atom stereocenters. The summed E-state index contributed by atoms with van der Waals surface area (Å²) in [7, 11) is 1.93. The van der Waals surface area contributed by atoms with Gasteiger partial charge in [-0.3, -0.25) is 0 Å². The number of allylic oxidation sites excluding steroid dienone is 1. The maximum Gasteiger partial charge on any atom is 0.151 e. The van der Waals surface area contributed by atoms with Crippen molar-refractivity contribution in [2.45, 2.75) is 0 Å². The fourth-order valence-corrected chi connectivity index (χ4v) is 2.68. The van der Waals surface area contributed by atoms with Gasteiger partial charge in [-0.05, 0) is 29.8 Å².